The summed E-state index contributed by atoms with van der Waals surface area (Å²) in [6, 6.07) is 4.75. The summed E-state index contributed by atoms with van der Waals surface area (Å²) in [4.78, 5) is 29.4. The molecule has 19 heavy (non-hydrogen) atoms. The van der Waals surface area contributed by atoms with Crippen LogP contribution >= 0.6 is 0 Å². The van der Waals surface area contributed by atoms with E-state index in [0.29, 0.717) is 13.1 Å². The minimum atomic E-state index is -0.551. The highest BCUT2D eigenvalue weighted by atomic mass is 16.5. The summed E-state index contributed by atoms with van der Waals surface area (Å²) < 4.78 is 4.59. The van der Waals surface area contributed by atoms with Gasteiger partial charge in [0.2, 0.25) is 0 Å². The van der Waals surface area contributed by atoms with E-state index >= 15 is 0 Å². The summed E-state index contributed by atoms with van der Waals surface area (Å²) in [6.45, 7) is 1.21. The Morgan fingerprint density at radius 3 is 2.84 bits per heavy atom. The van der Waals surface area contributed by atoms with Crippen molar-refractivity contribution in [1.29, 1.82) is 0 Å². The molecule has 1 aliphatic rings. The van der Waals surface area contributed by atoms with Gasteiger partial charge in [0.1, 0.15) is 11.4 Å². The molecule has 2 heterocycles. The Kier molecular flexibility index (Phi) is 4.11. The highest BCUT2D eigenvalue weighted by molar-refractivity contribution is 5.94. The van der Waals surface area contributed by atoms with Gasteiger partial charge in [0.05, 0.1) is 7.11 Å². The number of pyridine rings is 1. The molecule has 0 bridgehead atoms. The lowest BCUT2D eigenvalue weighted by molar-refractivity contribution is 0.0593. The number of nitrogens with zero attached hydrogens (tertiary/aromatic N) is 2. The minimum absolute atomic E-state index is 0.0153. The maximum absolute atomic E-state index is 12.3. The van der Waals surface area contributed by atoms with Gasteiger partial charge in [0.15, 0.2) is 0 Å². The Morgan fingerprint density at radius 2 is 2.16 bits per heavy atom. The largest absolute Gasteiger partial charge is 0.464 e. The number of ether oxygens (including phenoxy) is 1. The molecule has 1 aliphatic heterocycles. The van der Waals surface area contributed by atoms with Crippen LogP contribution in [0.25, 0.3) is 0 Å². The van der Waals surface area contributed by atoms with E-state index in [9.17, 15) is 9.59 Å². The number of methoxy groups -OCH3 is 1. The van der Waals surface area contributed by atoms with Gasteiger partial charge in [-0.15, -0.1) is 0 Å². The van der Waals surface area contributed by atoms with Gasteiger partial charge < -0.3 is 15.4 Å². The first-order valence-electron chi connectivity index (χ1n) is 6.22. The Balaban J connectivity index is 2.16. The van der Waals surface area contributed by atoms with Crippen LogP contribution in [0.15, 0.2) is 18.2 Å². The summed E-state index contributed by atoms with van der Waals surface area (Å²) in [5.74, 6) is -0.745. The number of aromatic nitrogens is 1. The molecule has 0 saturated carbocycles. The van der Waals surface area contributed by atoms with Crippen molar-refractivity contribution in [1.82, 2.24) is 9.88 Å². The van der Waals surface area contributed by atoms with Crippen LogP contribution in [0.5, 0.6) is 0 Å². The normalized spacial score (nSPS) is 19.1. The molecule has 1 saturated heterocycles. The van der Waals surface area contributed by atoms with Gasteiger partial charge in [-0.05, 0) is 25.0 Å². The maximum atomic E-state index is 12.3. The van der Waals surface area contributed by atoms with Crippen molar-refractivity contribution in [2.45, 2.75) is 18.9 Å². The van der Waals surface area contributed by atoms with E-state index in [1.165, 1.54) is 13.2 Å². The predicted molar refractivity (Wildman–Crippen MR) is 68.7 cm³/mol. The zero-order chi connectivity index (χ0) is 13.8. The average molecular weight is 263 g/mol. The number of esters is 1. The highest BCUT2D eigenvalue weighted by Gasteiger charge is 2.23. The lowest BCUT2D eigenvalue weighted by atomic mass is 10.1. The molecule has 2 rings (SSSR count). The summed E-state index contributed by atoms with van der Waals surface area (Å²) in [5.41, 5.74) is 6.23. The van der Waals surface area contributed by atoms with Crippen molar-refractivity contribution < 1.29 is 14.3 Å². The second kappa shape index (κ2) is 5.79. The van der Waals surface area contributed by atoms with Crippen molar-refractivity contribution >= 4 is 11.9 Å². The van der Waals surface area contributed by atoms with E-state index in [4.69, 9.17) is 5.73 Å². The van der Waals surface area contributed by atoms with Crippen molar-refractivity contribution in [3.05, 3.63) is 29.6 Å². The van der Waals surface area contributed by atoms with Crippen LogP contribution in [0.3, 0.4) is 0 Å². The SMILES string of the molecule is COC(=O)c1cccc(C(=O)N2CCCC(N)C2)n1. The first-order chi connectivity index (χ1) is 9.11. The number of hydrogen-bond donors (Lipinski definition) is 1. The third kappa shape index (κ3) is 3.08. The monoisotopic (exact) mass is 263 g/mol. The van der Waals surface area contributed by atoms with E-state index < -0.39 is 5.97 Å². The fourth-order valence-electron chi connectivity index (χ4n) is 2.13. The van der Waals surface area contributed by atoms with E-state index in [-0.39, 0.29) is 23.3 Å². The number of carbonyl (C=O) groups is 2. The van der Waals surface area contributed by atoms with Crippen molar-refractivity contribution in [2.75, 3.05) is 20.2 Å². The van der Waals surface area contributed by atoms with E-state index in [1.807, 2.05) is 0 Å². The summed E-state index contributed by atoms with van der Waals surface area (Å²) >= 11 is 0. The fourth-order valence-corrected chi connectivity index (χ4v) is 2.13. The van der Waals surface area contributed by atoms with Crippen LogP contribution in [0.2, 0.25) is 0 Å². The summed E-state index contributed by atoms with van der Waals surface area (Å²) in [6.07, 6.45) is 1.82. The molecule has 2 N–H and O–H groups in total. The number of nitrogens with two attached hydrogens (primary N) is 1. The smallest absolute Gasteiger partial charge is 0.356 e. The van der Waals surface area contributed by atoms with Crippen LogP contribution in [0, 0.1) is 0 Å². The Morgan fingerprint density at radius 1 is 1.42 bits per heavy atom. The zero-order valence-corrected chi connectivity index (χ0v) is 10.8. The number of piperidine rings is 1. The molecule has 6 nitrogen and oxygen atoms in total. The molecule has 6 heteroatoms. The topological polar surface area (TPSA) is 85.5 Å². The fraction of sp³-hybridized carbons (Fsp3) is 0.462. The molecule has 1 atom stereocenters. The van der Waals surface area contributed by atoms with Gasteiger partial charge in [-0.1, -0.05) is 6.07 Å². The third-order valence-electron chi connectivity index (χ3n) is 3.11. The number of carbonyl (C=O) groups excluding carboxylic acids is 2. The molecule has 0 spiro atoms. The van der Waals surface area contributed by atoms with Gasteiger partial charge in [0.25, 0.3) is 5.91 Å². The van der Waals surface area contributed by atoms with E-state index in [2.05, 4.69) is 9.72 Å². The van der Waals surface area contributed by atoms with Crippen LogP contribution in [-0.4, -0.2) is 48.0 Å². The predicted octanol–water partition coefficient (Wildman–Crippen LogP) is 0.431. The Bertz CT molecular complexity index is 490. The Labute approximate surface area is 111 Å². The molecule has 1 aromatic heterocycles. The van der Waals surface area contributed by atoms with Gasteiger partial charge in [-0.25, -0.2) is 9.78 Å². The lowest BCUT2D eigenvalue weighted by Gasteiger charge is -2.30. The minimum Gasteiger partial charge on any atom is -0.464 e. The number of likely N-dealkylation sites (tertiary alicyclic amines) is 1. The van der Waals surface area contributed by atoms with Crippen molar-refractivity contribution in [3.63, 3.8) is 0 Å². The molecule has 1 aromatic rings. The Hall–Kier alpha value is -1.95. The molecular formula is C13H17N3O3. The molecule has 0 aliphatic carbocycles. The molecule has 0 aromatic carbocycles. The number of rotatable bonds is 2. The number of amides is 1. The lowest BCUT2D eigenvalue weighted by Crippen LogP contribution is -2.46. The second-order valence-electron chi connectivity index (χ2n) is 4.55. The number of hydrogen-bond acceptors (Lipinski definition) is 5. The van der Waals surface area contributed by atoms with Gasteiger partial charge in [0, 0.05) is 19.1 Å². The van der Waals surface area contributed by atoms with Crippen molar-refractivity contribution in [2.24, 2.45) is 5.73 Å². The van der Waals surface area contributed by atoms with E-state index in [1.54, 1.807) is 17.0 Å². The zero-order valence-electron chi connectivity index (χ0n) is 10.8. The first-order valence-corrected chi connectivity index (χ1v) is 6.22. The molecule has 1 fully saturated rings. The average Bonchev–Trinajstić information content (AvgIpc) is 2.45. The van der Waals surface area contributed by atoms with Crippen LogP contribution in [0.4, 0.5) is 0 Å². The van der Waals surface area contributed by atoms with Gasteiger partial charge in [-0.2, -0.15) is 0 Å². The van der Waals surface area contributed by atoms with Gasteiger partial charge in [-0.3, -0.25) is 4.79 Å². The van der Waals surface area contributed by atoms with Crippen LogP contribution < -0.4 is 5.73 Å². The molecule has 0 radical (unpaired) electrons. The summed E-state index contributed by atoms with van der Waals surface area (Å²) in [5, 5.41) is 0. The molecule has 1 unspecified atom stereocenters. The molecular weight excluding hydrogens is 246 g/mol. The van der Waals surface area contributed by atoms with Gasteiger partial charge >= 0.3 is 5.97 Å². The molecule has 102 valence electrons. The standard InChI is InChI=1S/C13H17N3O3/c1-19-13(18)11-6-2-5-10(15-11)12(17)16-7-3-4-9(14)8-16/h2,5-6,9H,3-4,7-8,14H2,1H3. The first kappa shape index (κ1) is 13.5. The van der Waals surface area contributed by atoms with Crippen LogP contribution in [-0.2, 0) is 4.74 Å². The maximum Gasteiger partial charge on any atom is 0.356 e. The van der Waals surface area contributed by atoms with Crippen molar-refractivity contribution in [3.8, 4) is 0 Å². The molecule has 1 amide bonds. The van der Waals surface area contributed by atoms with E-state index in [0.717, 1.165) is 12.8 Å². The quantitative estimate of drug-likeness (QED) is 0.782. The van der Waals surface area contributed by atoms with Crippen LogP contribution in [0.1, 0.15) is 33.8 Å². The second-order valence-corrected chi connectivity index (χ2v) is 4.55. The summed E-state index contributed by atoms with van der Waals surface area (Å²) in [7, 11) is 1.28. The third-order valence-corrected chi connectivity index (χ3v) is 3.11. The highest BCUT2D eigenvalue weighted by Crippen LogP contribution is 2.12.